The van der Waals surface area contributed by atoms with Crippen LogP contribution < -0.4 is 14.2 Å². The van der Waals surface area contributed by atoms with Crippen LogP contribution >= 0.6 is 0 Å². The number of hydrogen-bond donors (Lipinski definition) is 0. The molecule has 0 aromatic heterocycles. The van der Waals surface area contributed by atoms with E-state index in [1.807, 2.05) is 109 Å². The summed E-state index contributed by atoms with van der Waals surface area (Å²) < 4.78 is 15.4. The van der Waals surface area contributed by atoms with Gasteiger partial charge in [-0.15, -0.1) is 0 Å². The zero-order valence-electron chi connectivity index (χ0n) is 27.5. The van der Waals surface area contributed by atoms with Crippen molar-refractivity contribution in [2.45, 2.75) is 20.8 Å². The van der Waals surface area contributed by atoms with Crippen molar-refractivity contribution in [3.05, 3.63) is 138 Å². The summed E-state index contributed by atoms with van der Waals surface area (Å²) in [5.41, 5.74) is 4.48. The van der Waals surface area contributed by atoms with E-state index in [1.165, 1.54) is 11.1 Å². The monoisotopic (exact) mass is 626 g/mol. The molecule has 0 spiro atoms. The van der Waals surface area contributed by atoms with Crippen molar-refractivity contribution in [1.82, 2.24) is 0 Å². The van der Waals surface area contributed by atoms with E-state index in [0.29, 0.717) is 11.1 Å². The Bertz CT molecular complexity index is 1910. The van der Waals surface area contributed by atoms with Crippen molar-refractivity contribution >= 4 is 38.9 Å². The molecule has 0 aliphatic carbocycles. The second-order valence-electron chi connectivity index (χ2n) is 10.8. The molecule has 0 radical (unpaired) electrons. The van der Waals surface area contributed by atoms with Crippen molar-refractivity contribution in [2.24, 2.45) is 0 Å². The Kier molecular flexibility index (Phi) is 11.6. The average molecular weight is 627 g/mol. The third kappa shape index (κ3) is 9.14. The highest BCUT2D eigenvalue weighted by Gasteiger charge is 2.04. The number of carbonyl (C=O) groups is 3. The van der Waals surface area contributed by atoms with Crippen LogP contribution in [0.1, 0.15) is 51.8 Å². The van der Waals surface area contributed by atoms with E-state index in [4.69, 9.17) is 14.2 Å². The van der Waals surface area contributed by atoms with E-state index in [2.05, 4.69) is 0 Å². The Morgan fingerprint density at radius 3 is 0.936 bits per heavy atom. The van der Waals surface area contributed by atoms with Crippen molar-refractivity contribution in [3.63, 3.8) is 0 Å². The summed E-state index contributed by atoms with van der Waals surface area (Å²) in [6, 6.07) is 38.5. The minimum atomic E-state index is 0.0533. The molecule has 238 valence electrons. The Morgan fingerprint density at radius 1 is 0.362 bits per heavy atom. The van der Waals surface area contributed by atoms with Crippen LogP contribution in [-0.4, -0.2) is 38.7 Å². The molecule has 0 atom stereocenters. The fourth-order valence-corrected chi connectivity index (χ4v) is 4.82. The first-order valence-electron chi connectivity index (χ1n) is 15.0. The molecule has 6 nitrogen and oxygen atoms in total. The molecular formula is C41H38O6. The molecule has 0 bridgehead atoms. The van der Waals surface area contributed by atoms with Crippen LogP contribution in [0.25, 0.3) is 32.7 Å². The molecule has 0 heterocycles. The van der Waals surface area contributed by atoms with E-state index in [0.717, 1.165) is 44.4 Å². The third-order valence-electron chi connectivity index (χ3n) is 7.62. The summed E-state index contributed by atoms with van der Waals surface area (Å²) in [6.07, 6.45) is 0. The van der Waals surface area contributed by atoms with Gasteiger partial charge in [-0.2, -0.15) is 0 Å². The van der Waals surface area contributed by atoms with Gasteiger partial charge in [0.2, 0.25) is 0 Å². The van der Waals surface area contributed by atoms with E-state index >= 15 is 0 Å². The van der Waals surface area contributed by atoms with Gasteiger partial charge < -0.3 is 14.2 Å². The Morgan fingerprint density at radius 2 is 0.638 bits per heavy atom. The first-order chi connectivity index (χ1) is 22.6. The molecule has 0 saturated carbocycles. The topological polar surface area (TPSA) is 78.9 Å². The van der Waals surface area contributed by atoms with Crippen molar-refractivity contribution in [3.8, 4) is 28.4 Å². The van der Waals surface area contributed by atoms with Crippen molar-refractivity contribution in [2.75, 3.05) is 21.3 Å². The van der Waals surface area contributed by atoms with Crippen LogP contribution in [0.5, 0.6) is 17.2 Å². The molecule has 6 heteroatoms. The SMILES string of the molecule is CC(=O)c1ccc2cc(C(C)=O)ccc2c1.COc1ccc(-c2ccc(OC)cc2)cc1.COc1ccc2cc(C(C)=O)ccc2c1. The Hall–Kier alpha value is -5.75. The lowest BCUT2D eigenvalue weighted by atomic mass is 10.0. The van der Waals surface area contributed by atoms with Gasteiger partial charge in [0.05, 0.1) is 21.3 Å². The van der Waals surface area contributed by atoms with Gasteiger partial charge in [-0.3, -0.25) is 14.4 Å². The van der Waals surface area contributed by atoms with E-state index in [9.17, 15) is 14.4 Å². The normalized spacial score (nSPS) is 10.2. The zero-order valence-corrected chi connectivity index (χ0v) is 27.5. The minimum Gasteiger partial charge on any atom is -0.497 e. The number of benzene rings is 6. The molecule has 0 saturated heterocycles. The van der Waals surface area contributed by atoms with Crippen LogP contribution in [-0.2, 0) is 0 Å². The number of fused-ring (bicyclic) bond motifs is 2. The van der Waals surface area contributed by atoms with Crippen LogP contribution in [0.15, 0.2) is 121 Å². The molecule has 0 fully saturated rings. The first-order valence-corrected chi connectivity index (χ1v) is 15.0. The van der Waals surface area contributed by atoms with Gasteiger partial charge in [-0.1, -0.05) is 66.7 Å². The highest BCUT2D eigenvalue weighted by molar-refractivity contribution is 6.02. The van der Waals surface area contributed by atoms with Crippen molar-refractivity contribution in [1.29, 1.82) is 0 Å². The summed E-state index contributed by atoms with van der Waals surface area (Å²) in [5, 5.41) is 4.11. The average Bonchev–Trinajstić information content (AvgIpc) is 3.11. The van der Waals surface area contributed by atoms with Gasteiger partial charge >= 0.3 is 0 Å². The number of rotatable bonds is 7. The summed E-state index contributed by atoms with van der Waals surface area (Å²) in [5.74, 6) is 2.77. The van der Waals surface area contributed by atoms with Crippen LogP contribution in [0.2, 0.25) is 0 Å². The van der Waals surface area contributed by atoms with Gasteiger partial charge in [0.1, 0.15) is 17.2 Å². The molecule has 6 aromatic carbocycles. The Balaban J connectivity index is 0.000000160. The number of carbonyl (C=O) groups excluding carboxylic acids is 3. The maximum absolute atomic E-state index is 11.2. The fraction of sp³-hybridized carbons (Fsp3) is 0.146. The smallest absolute Gasteiger partial charge is 0.159 e. The highest BCUT2D eigenvalue weighted by Crippen LogP contribution is 2.25. The maximum atomic E-state index is 11.2. The lowest BCUT2D eigenvalue weighted by Gasteiger charge is -2.05. The lowest BCUT2D eigenvalue weighted by Crippen LogP contribution is -1.93. The van der Waals surface area contributed by atoms with E-state index in [1.54, 1.807) is 54.2 Å². The zero-order chi connectivity index (χ0) is 33.9. The molecule has 0 aliphatic rings. The molecular weight excluding hydrogens is 588 g/mol. The predicted molar refractivity (Wildman–Crippen MR) is 189 cm³/mol. The quantitative estimate of drug-likeness (QED) is 0.164. The summed E-state index contributed by atoms with van der Waals surface area (Å²) in [4.78, 5) is 33.6. The largest absolute Gasteiger partial charge is 0.497 e. The maximum Gasteiger partial charge on any atom is 0.159 e. The number of Topliss-reactive ketones (excluding diaryl/α,β-unsaturated/α-hetero) is 3. The molecule has 0 aliphatic heterocycles. The summed E-state index contributed by atoms with van der Waals surface area (Å²) in [7, 11) is 4.98. The summed E-state index contributed by atoms with van der Waals surface area (Å²) in [6.45, 7) is 4.67. The van der Waals surface area contributed by atoms with Crippen LogP contribution in [0, 0.1) is 0 Å². The second-order valence-corrected chi connectivity index (χ2v) is 10.8. The molecule has 0 unspecified atom stereocenters. The number of ether oxygens (including phenoxy) is 3. The predicted octanol–water partition coefficient (Wildman–Crippen LogP) is 9.67. The number of hydrogen-bond acceptors (Lipinski definition) is 6. The van der Waals surface area contributed by atoms with Crippen molar-refractivity contribution < 1.29 is 28.6 Å². The third-order valence-corrected chi connectivity index (χ3v) is 7.62. The van der Waals surface area contributed by atoms with Crippen LogP contribution in [0.3, 0.4) is 0 Å². The van der Waals surface area contributed by atoms with Gasteiger partial charge in [0, 0.05) is 16.7 Å². The standard InChI is InChI=1S/C14H14O2.C14H12O2.C13H12O2/c1-15-13-7-3-11(4-8-13)12-5-9-14(16-2)10-6-12;1-9(15)11-3-5-14-8-12(10(2)16)4-6-13(14)7-11;1-9(14)10-3-4-12-8-13(15-2)6-5-11(12)7-10/h3-10H,1-2H3;3-8H,1-2H3;3-8H,1-2H3. The Labute approximate surface area is 275 Å². The fourth-order valence-electron chi connectivity index (χ4n) is 4.82. The van der Waals surface area contributed by atoms with Gasteiger partial charge in [-0.05, 0) is 108 Å². The molecule has 0 N–H and O–H groups in total. The van der Waals surface area contributed by atoms with Crippen LogP contribution in [0.4, 0.5) is 0 Å². The summed E-state index contributed by atoms with van der Waals surface area (Å²) >= 11 is 0. The molecule has 6 rings (SSSR count). The molecule has 6 aromatic rings. The minimum absolute atomic E-state index is 0.0533. The number of methoxy groups -OCH3 is 3. The first kappa shape index (κ1) is 34.1. The van der Waals surface area contributed by atoms with E-state index in [-0.39, 0.29) is 17.3 Å². The van der Waals surface area contributed by atoms with Gasteiger partial charge in [0.25, 0.3) is 0 Å². The lowest BCUT2D eigenvalue weighted by molar-refractivity contribution is 0.100. The number of ketones is 3. The van der Waals surface area contributed by atoms with E-state index < -0.39 is 0 Å². The molecule has 0 amide bonds. The van der Waals surface area contributed by atoms with Gasteiger partial charge in [-0.25, -0.2) is 0 Å². The van der Waals surface area contributed by atoms with Gasteiger partial charge in [0.15, 0.2) is 17.3 Å². The molecule has 47 heavy (non-hydrogen) atoms. The highest BCUT2D eigenvalue weighted by atomic mass is 16.5. The second kappa shape index (κ2) is 16.0.